The van der Waals surface area contributed by atoms with E-state index in [1.807, 2.05) is 0 Å². The summed E-state index contributed by atoms with van der Waals surface area (Å²) < 4.78 is 29.9. The van der Waals surface area contributed by atoms with Crippen LogP contribution in [-0.4, -0.2) is 31.5 Å². The molecule has 0 aliphatic rings. The lowest BCUT2D eigenvalue weighted by atomic mass is 10.2. The number of carbonyl (C=O) groups excluding carboxylic acids is 1. The number of amides is 1. The summed E-state index contributed by atoms with van der Waals surface area (Å²) in [6.45, 7) is 2.04. The minimum Gasteiger partial charge on any atom is -0.364 e. The fourth-order valence-electron chi connectivity index (χ4n) is 1.54. The van der Waals surface area contributed by atoms with Gasteiger partial charge in [-0.25, -0.2) is 18.1 Å². The van der Waals surface area contributed by atoms with Gasteiger partial charge < -0.3 is 9.84 Å². The van der Waals surface area contributed by atoms with E-state index in [2.05, 4.69) is 20.2 Å². The molecule has 2 N–H and O–H groups in total. The Kier molecular flexibility index (Phi) is 4.34. The van der Waals surface area contributed by atoms with Gasteiger partial charge in [-0.1, -0.05) is 5.16 Å². The van der Waals surface area contributed by atoms with Crippen molar-refractivity contribution >= 4 is 15.9 Å². The van der Waals surface area contributed by atoms with Gasteiger partial charge in [-0.3, -0.25) is 4.79 Å². The number of sulfonamides is 1. The van der Waals surface area contributed by atoms with Crippen molar-refractivity contribution in [2.45, 2.75) is 18.5 Å². The summed E-state index contributed by atoms with van der Waals surface area (Å²) in [7, 11) is -2.32. The number of pyridine rings is 1. The van der Waals surface area contributed by atoms with Crippen molar-refractivity contribution in [2.75, 3.05) is 7.05 Å². The predicted molar refractivity (Wildman–Crippen MR) is 72.9 cm³/mol. The molecule has 9 heteroatoms. The van der Waals surface area contributed by atoms with Crippen LogP contribution in [0.25, 0.3) is 0 Å². The standard InChI is InChI=1S/C12H14N4O4S/c1-8-10(7-20-16-8)6-15-12(17)9-3-4-11(14-5-9)21(18,19)13-2/h3-5,7,13H,6H2,1-2H3,(H,15,17). The molecule has 0 atom stereocenters. The number of carbonyl (C=O) groups is 1. The highest BCUT2D eigenvalue weighted by Gasteiger charge is 2.14. The van der Waals surface area contributed by atoms with E-state index in [0.717, 1.165) is 5.56 Å². The first-order chi connectivity index (χ1) is 9.94. The third kappa shape index (κ3) is 3.44. The Balaban J connectivity index is 2.05. The van der Waals surface area contributed by atoms with E-state index in [9.17, 15) is 13.2 Å². The Bertz CT molecular complexity index is 737. The van der Waals surface area contributed by atoms with E-state index in [1.165, 1.54) is 31.6 Å². The molecule has 0 spiro atoms. The topological polar surface area (TPSA) is 114 Å². The van der Waals surface area contributed by atoms with Crippen LogP contribution in [0.4, 0.5) is 0 Å². The molecule has 2 rings (SSSR count). The highest BCUT2D eigenvalue weighted by molar-refractivity contribution is 7.89. The Morgan fingerprint density at radius 3 is 2.67 bits per heavy atom. The van der Waals surface area contributed by atoms with Crippen LogP contribution in [0.5, 0.6) is 0 Å². The lowest BCUT2D eigenvalue weighted by molar-refractivity contribution is 0.0950. The van der Waals surface area contributed by atoms with Crippen molar-refractivity contribution < 1.29 is 17.7 Å². The van der Waals surface area contributed by atoms with Gasteiger partial charge >= 0.3 is 0 Å². The summed E-state index contributed by atoms with van der Waals surface area (Å²) in [4.78, 5) is 15.7. The first-order valence-electron chi connectivity index (χ1n) is 6.01. The van der Waals surface area contributed by atoms with Crippen molar-refractivity contribution in [1.29, 1.82) is 0 Å². The van der Waals surface area contributed by atoms with Crippen LogP contribution in [0, 0.1) is 6.92 Å². The fraction of sp³-hybridized carbons (Fsp3) is 0.250. The summed E-state index contributed by atoms with van der Waals surface area (Å²) in [5.74, 6) is -0.364. The summed E-state index contributed by atoms with van der Waals surface area (Å²) >= 11 is 0. The van der Waals surface area contributed by atoms with Gasteiger partial charge in [-0.15, -0.1) is 0 Å². The minimum atomic E-state index is -3.61. The molecule has 2 aromatic rings. The summed E-state index contributed by atoms with van der Waals surface area (Å²) in [5.41, 5.74) is 1.73. The second-order valence-electron chi connectivity index (χ2n) is 4.20. The summed E-state index contributed by atoms with van der Waals surface area (Å²) in [6.07, 6.45) is 2.66. The number of aromatic nitrogens is 2. The zero-order valence-corrected chi connectivity index (χ0v) is 12.3. The maximum atomic E-state index is 11.9. The van der Waals surface area contributed by atoms with Crippen LogP contribution in [0.15, 0.2) is 34.1 Å². The number of nitrogens with one attached hydrogen (secondary N) is 2. The highest BCUT2D eigenvalue weighted by atomic mass is 32.2. The Hall–Kier alpha value is -2.26. The van der Waals surface area contributed by atoms with Gasteiger partial charge in [0, 0.05) is 18.3 Å². The average molecular weight is 310 g/mol. The molecule has 0 bridgehead atoms. The van der Waals surface area contributed by atoms with E-state index < -0.39 is 10.0 Å². The molecule has 0 aliphatic carbocycles. The zero-order chi connectivity index (χ0) is 15.5. The quantitative estimate of drug-likeness (QED) is 0.816. The van der Waals surface area contributed by atoms with Crippen molar-refractivity contribution in [3.63, 3.8) is 0 Å². The van der Waals surface area contributed by atoms with Gasteiger partial charge in [-0.05, 0) is 26.1 Å². The lowest BCUT2D eigenvalue weighted by Gasteiger charge is -2.05. The molecule has 1 amide bonds. The number of nitrogens with zero attached hydrogens (tertiary/aromatic N) is 2. The number of aryl methyl sites for hydroxylation is 1. The lowest BCUT2D eigenvalue weighted by Crippen LogP contribution is -2.24. The monoisotopic (exact) mass is 310 g/mol. The van der Waals surface area contributed by atoms with Crippen LogP contribution in [-0.2, 0) is 16.6 Å². The van der Waals surface area contributed by atoms with E-state index in [0.29, 0.717) is 5.69 Å². The molecule has 0 fully saturated rings. The maximum absolute atomic E-state index is 11.9. The van der Waals surface area contributed by atoms with Crippen molar-refractivity contribution in [1.82, 2.24) is 20.2 Å². The van der Waals surface area contributed by atoms with Gasteiger partial charge in [0.2, 0.25) is 0 Å². The predicted octanol–water partition coefficient (Wildman–Crippen LogP) is 0.216. The van der Waals surface area contributed by atoms with Gasteiger partial charge in [0.1, 0.15) is 6.26 Å². The third-order valence-electron chi connectivity index (χ3n) is 2.83. The molecule has 112 valence electrons. The van der Waals surface area contributed by atoms with E-state index >= 15 is 0 Å². The van der Waals surface area contributed by atoms with Gasteiger partial charge in [0.15, 0.2) is 5.03 Å². The number of hydrogen-bond donors (Lipinski definition) is 2. The Labute approximate surface area is 121 Å². The Morgan fingerprint density at radius 2 is 2.14 bits per heavy atom. The SMILES string of the molecule is CNS(=O)(=O)c1ccc(C(=O)NCc2conc2C)cn1. The van der Waals surface area contributed by atoms with Crippen molar-refractivity contribution in [3.05, 3.63) is 41.4 Å². The molecule has 0 aromatic carbocycles. The highest BCUT2D eigenvalue weighted by Crippen LogP contribution is 2.07. The Morgan fingerprint density at radius 1 is 1.38 bits per heavy atom. The maximum Gasteiger partial charge on any atom is 0.257 e. The van der Waals surface area contributed by atoms with Crippen molar-refractivity contribution in [2.24, 2.45) is 0 Å². The molecule has 2 heterocycles. The first kappa shape index (κ1) is 15.1. The number of hydrogen-bond acceptors (Lipinski definition) is 6. The smallest absolute Gasteiger partial charge is 0.257 e. The van der Waals surface area contributed by atoms with E-state index in [4.69, 9.17) is 4.52 Å². The molecule has 0 radical (unpaired) electrons. The van der Waals surface area contributed by atoms with E-state index in [1.54, 1.807) is 6.92 Å². The molecule has 0 saturated carbocycles. The van der Waals surface area contributed by atoms with Crippen LogP contribution >= 0.6 is 0 Å². The van der Waals surface area contributed by atoms with Crippen LogP contribution < -0.4 is 10.0 Å². The molecule has 2 aromatic heterocycles. The van der Waals surface area contributed by atoms with Crippen LogP contribution in [0.1, 0.15) is 21.6 Å². The van der Waals surface area contributed by atoms with Gasteiger partial charge in [-0.2, -0.15) is 0 Å². The first-order valence-corrected chi connectivity index (χ1v) is 7.50. The van der Waals surface area contributed by atoms with Crippen LogP contribution in [0.3, 0.4) is 0 Å². The zero-order valence-electron chi connectivity index (χ0n) is 11.5. The van der Waals surface area contributed by atoms with Gasteiger partial charge in [0.25, 0.3) is 15.9 Å². The molecule has 0 aliphatic heterocycles. The average Bonchev–Trinajstić information content (AvgIpc) is 2.90. The molecular weight excluding hydrogens is 296 g/mol. The second-order valence-corrected chi connectivity index (χ2v) is 6.03. The largest absolute Gasteiger partial charge is 0.364 e. The molecule has 8 nitrogen and oxygen atoms in total. The second kappa shape index (κ2) is 6.02. The molecule has 0 unspecified atom stereocenters. The molecule has 0 saturated heterocycles. The summed E-state index contributed by atoms with van der Waals surface area (Å²) in [6, 6.07) is 2.67. The van der Waals surface area contributed by atoms with Gasteiger partial charge in [0.05, 0.1) is 11.3 Å². The third-order valence-corrected chi connectivity index (χ3v) is 4.16. The normalized spacial score (nSPS) is 11.3. The molecule has 21 heavy (non-hydrogen) atoms. The number of rotatable bonds is 5. The summed E-state index contributed by atoms with van der Waals surface area (Å²) in [5, 5.41) is 6.23. The fourth-order valence-corrected chi connectivity index (χ4v) is 2.19. The van der Waals surface area contributed by atoms with Crippen LogP contribution in [0.2, 0.25) is 0 Å². The van der Waals surface area contributed by atoms with E-state index in [-0.39, 0.29) is 23.0 Å². The molecular formula is C12H14N4O4S. The van der Waals surface area contributed by atoms with Crippen molar-refractivity contribution in [3.8, 4) is 0 Å². The minimum absolute atomic E-state index is 0.142.